The molecule has 20 heavy (non-hydrogen) atoms. The molecular formula is C14H10N4O2. The van der Waals surface area contributed by atoms with E-state index in [0.29, 0.717) is 11.1 Å². The standard InChI is InChI=1S/C14H10N4O2/c15-5-10-12(9-3-1-8(7-19)2-4-9)11(6-16)14(20)18-13(10)17/h1-4,19H,7H2,(H3,17,18,20). The topological polar surface area (TPSA) is 127 Å². The zero-order valence-corrected chi connectivity index (χ0v) is 10.3. The molecule has 0 aliphatic heterocycles. The first-order chi connectivity index (χ1) is 9.62. The van der Waals surface area contributed by atoms with Crippen molar-refractivity contribution in [1.29, 1.82) is 10.5 Å². The number of H-pyrrole nitrogens is 1. The number of hydrogen-bond acceptors (Lipinski definition) is 5. The van der Waals surface area contributed by atoms with E-state index in [9.17, 15) is 10.1 Å². The quantitative estimate of drug-likeness (QED) is 0.742. The van der Waals surface area contributed by atoms with Crippen molar-refractivity contribution in [2.45, 2.75) is 6.61 Å². The molecule has 0 saturated heterocycles. The van der Waals surface area contributed by atoms with Crippen molar-refractivity contribution in [1.82, 2.24) is 4.98 Å². The number of aliphatic hydroxyl groups is 1. The maximum atomic E-state index is 11.7. The van der Waals surface area contributed by atoms with Crippen LogP contribution >= 0.6 is 0 Å². The number of nitrogens with one attached hydrogen (secondary N) is 1. The minimum atomic E-state index is -0.634. The maximum absolute atomic E-state index is 11.7. The van der Waals surface area contributed by atoms with E-state index < -0.39 is 5.56 Å². The molecule has 1 heterocycles. The number of aromatic amines is 1. The Kier molecular flexibility index (Phi) is 3.52. The van der Waals surface area contributed by atoms with Crippen LogP contribution in [0.25, 0.3) is 11.1 Å². The summed E-state index contributed by atoms with van der Waals surface area (Å²) in [6, 6.07) is 10.2. The van der Waals surface area contributed by atoms with Crippen molar-refractivity contribution in [2.75, 3.05) is 5.73 Å². The van der Waals surface area contributed by atoms with Gasteiger partial charge < -0.3 is 15.8 Å². The van der Waals surface area contributed by atoms with E-state index in [0.717, 1.165) is 0 Å². The number of nitrogen functional groups attached to an aromatic ring is 1. The van der Waals surface area contributed by atoms with Crippen molar-refractivity contribution < 1.29 is 5.11 Å². The zero-order chi connectivity index (χ0) is 14.7. The van der Waals surface area contributed by atoms with Crippen molar-refractivity contribution >= 4 is 5.82 Å². The van der Waals surface area contributed by atoms with E-state index in [1.54, 1.807) is 30.3 Å². The van der Waals surface area contributed by atoms with Gasteiger partial charge in [0.25, 0.3) is 5.56 Å². The number of nitrogens with two attached hydrogens (primary N) is 1. The lowest BCUT2D eigenvalue weighted by molar-refractivity contribution is 0.282. The first-order valence-electron chi connectivity index (χ1n) is 5.68. The molecule has 0 radical (unpaired) electrons. The van der Waals surface area contributed by atoms with Crippen LogP contribution in [0.4, 0.5) is 5.82 Å². The summed E-state index contributed by atoms with van der Waals surface area (Å²) in [7, 11) is 0. The lowest BCUT2D eigenvalue weighted by atomic mass is 9.96. The maximum Gasteiger partial charge on any atom is 0.268 e. The number of rotatable bonds is 2. The fraction of sp³-hybridized carbons (Fsp3) is 0.0714. The van der Waals surface area contributed by atoms with Crippen LogP contribution in [0, 0.1) is 22.7 Å². The lowest BCUT2D eigenvalue weighted by Crippen LogP contribution is -2.16. The molecule has 0 aliphatic rings. The third-order valence-corrected chi connectivity index (χ3v) is 2.89. The molecule has 0 saturated carbocycles. The first-order valence-corrected chi connectivity index (χ1v) is 5.68. The van der Waals surface area contributed by atoms with Crippen LogP contribution in [0.5, 0.6) is 0 Å². The second-order valence-electron chi connectivity index (χ2n) is 4.07. The number of hydrogen-bond donors (Lipinski definition) is 3. The highest BCUT2D eigenvalue weighted by molar-refractivity contribution is 5.80. The van der Waals surface area contributed by atoms with Crippen molar-refractivity contribution in [3.8, 4) is 23.3 Å². The van der Waals surface area contributed by atoms with Crippen LogP contribution in [0.15, 0.2) is 29.1 Å². The molecule has 2 aromatic rings. The summed E-state index contributed by atoms with van der Waals surface area (Å²) in [5.41, 5.74) is 6.30. The molecule has 4 N–H and O–H groups in total. The monoisotopic (exact) mass is 266 g/mol. The normalized spacial score (nSPS) is 9.75. The van der Waals surface area contributed by atoms with Crippen LogP contribution in [0.3, 0.4) is 0 Å². The highest BCUT2D eigenvalue weighted by Crippen LogP contribution is 2.28. The predicted octanol–water partition coefficient (Wildman–Crippen LogP) is 0.860. The molecule has 6 nitrogen and oxygen atoms in total. The SMILES string of the molecule is N#Cc1c(N)[nH]c(=O)c(C#N)c1-c1ccc(CO)cc1. The van der Waals surface area contributed by atoms with E-state index in [1.165, 1.54) is 0 Å². The van der Waals surface area contributed by atoms with Gasteiger partial charge >= 0.3 is 0 Å². The van der Waals surface area contributed by atoms with Gasteiger partial charge in [0.1, 0.15) is 29.1 Å². The first kappa shape index (κ1) is 13.3. The molecule has 2 rings (SSSR count). The number of benzene rings is 1. The number of anilines is 1. The van der Waals surface area contributed by atoms with Gasteiger partial charge in [0.15, 0.2) is 0 Å². The Labute approximate surface area is 114 Å². The molecular weight excluding hydrogens is 256 g/mol. The third-order valence-electron chi connectivity index (χ3n) is 2.89. The molecule has 6 heteroatoms. The number of aromatic nitrogens is 1. The van der Waals surface area contributed by atoms with Crippen LogP contribution in [0.1, 0.15) is 16.7 Å². The van der Waals surface area contributed by atoms with Gasteiger partial charge in [-0.1, -0.05) is 24.3 Å². The summed E-state index contributed by atoms with van der Waals surface area (Å²) in [5.74, 6) is -0.0715. The van der Waals surface area contributed by atoms with E-state index in [1.807, 2.05) is 6.07 Å². The summed E-state index contributed by atoms with van der Waals surface area (Å²) in [4.78, 5) is 14.0. The smallest absolute Gasteiger partial charge is 0.268 e. The van der Waals surface area contributed by atoms with Crippen LogP contribution in [-0.2, 0) is 6.61 Å². The summed E-state index contributed by atoms with van der Waals surface area (Å²) < 4.78 is 0. The second kappa shape index (κ2) is 5.27. The molecule has 98 valence electrons. The molecule has 0 fully saturated rings. The number of aliphatic hydroxyl groups excluding tert-OH is 1. The van der Waals surface area contributed by atoms with E-state index in [4.69, 9.17) is 16.1 Å². The fourth-order valence-corrected chi connectivity index (χ4v) is 1.91. The fourth-order valence-electron chi connectivity index (χ4n) is 1.91. The zero-order valence-electron chi connectivity index (χ0n) is 10.3. The largest absolute Gasteiger partial charge is 0.392 e. The van der Waals surface area contributed by atoms with Gasteiger partial charge in [-0.05, 0) is 11.1 Å². The molecule has 0 atom stereocenters. The summed E-state index contributed by atoms with van der Waals surface area (Å²) in [6.45, 7) is -0.117. The molecule has 0 aliphatic carbocycles. The van der Waals surface area contributed by atoms with E-state index >= 15 is 0 Å². The Morgan fingerprint density at radius 2 is 1.75 bits per heavy atom. The van der Waals surface area contributed by atoms with Gasteiger partial charge in [-0.25, -0.2) is 0 Å². The predicted molar refractivity (Wildman–Crippen MR) is 72.3 cm³/mol. The van der Waals surface area contributed by atoms with Crippen LogP contribution in [-0.4, -0.2) is 10.1 Å². The lowest BCUT2D eigenvalue weighted by Gasteiger charge is -2.09. The molecule has 0 unspecified atom stereocenters. The molecule has 1 aromatic carbocycles. The number of nitrogens with zero attached hydrogens (tertiary/aromatic N) is 2. The van der Waals surface area contributed by atoms with Crippen molar-refractivity contribution in [3.05, 3.63) is 51.3 Å². The van der Waals surface area contributed by atoms with Gasteiger partial charge in [-0.3, -0.25) is 4.79 Å². The highest BCUT2D eigenvalue weighted by atomic mass is 16.3. The minimum absolute atomic E-state index is 0.0536. The van der Waals surface area contributed by atoms with E-state index in [-0.39, 0.29) is 29.1 Å². The Balaban J connectivity index is 2.81. The van der Waals surface area contributed by atoms with Gasteiger partial charge in [0, 0.05) is 5.56 Å². The Morgan fingerprint density at radius 1 is 1.15 bits per heavy atom. The Bertz CT molecular complexity index is 792. The van der Waals surface area contributed by atoms with Gasteiger partial charge in [-0.2, -0.15) is 10.5 Å². The van der Waals surface area contributed by atoms with Crippen LogP contribution < -0.4 is 11.3 Å². The van der Waals surface area contributed by atoms with Gasteiger partial charge in [0.2, 0.25) is 0 Å². The van der Waals surface area contributed by atoms with Crippen molar-refractivity contribution in [2.24, 2.45) is 0 Å². The minimum Gasteiger partial charge on any atom is -0.392 e. The summed E-state index contributed by atoms with van der Waals surface area (Å²) in [6.07, 6.45) is 0. The summed E-state index contributed by atoms with van der Waals surface area (Å²) >= 11 is 0. The molecule has 1 aromatic heterocycles. The number of pyridine rings is 1. The highest BCUT2D eigenvalue weighted by Gasteiger charge is 2.17. The average molecular weight is 266 g/mol. The van der Waals surface area contributed by atoms with Crippen LogP contribution in [0.2, 0.25) is 0 Å². The van der Waals surface area contributed by atoms with Gasteiger partial charge in [0.05, 0.1) is 6.61 Å². The molecule has 0 amide bonds. The Hall–Kier alpha value is -3.09. The summed E-state index contributed by atoms with van der Waals surface area (Å²) in [5, 5.41) is 27.3. The Morgan fingerprint density at radius 3 is 2.25 bits per heavy atom. The van der Waals surface area contributed by atoms with Gasteiger partial charge in [-0.15, -0.1) is 0 Å². The molecule has 0 bridgehead atoms. The number of nitriles is 2. The second-order valence-corrected chi connectivity index (χ2v) is 4.07. The molecule has 0 spiro atoms. The van der Waals surface area contributed by atoms with E-state index in [2.05, 4.69) is 4.98 Å². The average Bonchev–Trinajstić information content (AvgIpc) is 2.46. The third kappa shape index (κ3) is 2.12. The van der Waals surface area contributed by atoms with Crippen molar-refractivity contribution in [3.63, 3.8) is 0 Å².